The van der Waals surface area contributed by atoms with Crippen LogP contribution in [0.2, 0.25) is 0 Å². The van der Waals surface area contributed by atoms with Gasteiger partial charge in [-0.05, 0) is 12.5 Å². The maximum atomic E-state index is 12.1. The zero-order valence-corrected chi connectivity index (χ0v) is 5.15. The van der Waals surface area contributed by atoms with Crippen molar-refractivity contribution in [1.82, 2.24) is 0 Å². The van der Waals surface area contributed by atoms with Crippen LogP contribution in [-0.2, 0) is 0 Å². The SMILES string of the molecule is FC1=NCCC(C(F)F)=C1. The van der Waals surface area contributed by atoms with Crippen LogP contribution in [0.15, 0.2) is 16.6 Å². The van der Waals surface area contributed by atoms with Crippen LogP contribution in [0.4, 0.5) is 13.2 Å². The second-order valence-electron chi connectivity index (χ2n) is 1.97. The maximum absolute atomic E-state index is 12.1. The van der Waals surface area contributed by atoms with Crippen molar-refractivity contribution in [3.8, 4) is 0 Å². The molecule has 1 aliphatic rings. The van der Waals surface area contributed by atoms with E-state index in [1.807, 2.05) is 0 Å². The lowest BCUT2D eigenvalue weighted by atomic mass is 10.1. The topological polar surface area (TPSA) is 12.4 Å². The molecule has 0 atom stereocenters. The number of alkyl halides is 2. The second-order valence-corrected chi connectivity index (χ2v) is 1.97. The largest absolute Gasteiger partial charge is 0.260 e. The van der Waals surface area contributed by atoms with Gasteiger partial charge in [0, 0.05) is 12.1 Å². The number of hydrogen-bond donors (Lipinski definition) is 0. The lowest BCUT2D eigenvalue weighted by Crippen LogP contribution is -2.06. The molecule has 1 nitrogen and oxygen atoms in total. The molecule has 0 aromatic heterocycles. The Balaban J connectivity index is 2.69. The summed E-state index contributed by atoms with van der Waals surface area (Å²) in [5.74, 6) is -0.790. The predicted octanol–water partition coefficient (Wildman–Crippen LogP) is 1.95. The highest BCUT2D eigenvalue weighted by Gasteiger charge is 2.14. The highest BCUT2D eigenvalue weighted by atomic mass is 19.3. The van der Waals surface area contributed by atoms with Gasteiger partial charge in [0.2, 0.25) is 5.97 Å². The molecule has 10 heavy (non-hydrogen) atoms. The fourth-order valence-corrected chi connectivity index (χ4v) is 0.735. The summed E-state index contributed by atoms with van der Waals surface area (Å²) in [4.78, 5) is 3.30. The molecule has 0 spiro atoms. The standard InChI is InChI=1S/C6H6F3N/c7-5-3-4(6(8)9)1-2-10-5/h3,6H,1-2H2. The van der Waals surface area contributed by atoms with Crippen molar-refractivity contribution < 1.29 is 13.2 Å². The number of aliphatic imine (C=N–C) groups is 1. The Bertz CT molecular complexity index is 183. The zero-order valence-electron chi connectivity index (χ0n) is 5.15. The molecule has 1 rings (SSSR count). The zero-order chi connectivity index (χ0) is 7.56. The van der Waals surface area contributed by atoms with Gasteiger partial charge < -0.3 is 0 Å². The van der Waals surface area contributed by atoms with Gasteiger partial charge in [-0.3, -0.25) is 4.99 Å². The lowest BCUT2D eigenvalue weighted by molar-refractivity contribution is 0.185. The molecule has 0 saturated carbocycles. The molecule has 4 heteroatoms. The first-order valence-corrected chi connectivity index (χ1v) is 2.88. The maximum Gasteiger partial charge on any atom is 0.260 e. The molecule has 0 saturated heterocycles. The summed E-state index contributed by atoms with van der Waals surface area (Å²) in [6.07, 6.45) is -1.57. The van der Waals surface area contributed by atoms with Crippen molar-refractivity contribution in [3.63, 3.8) is 0 Å². The minimum atomic E-state index is -2.54. The Kier molecular flexibility index (Phi) is 2.09. The van der Waals surface area contributed by atoms with E-state index in [2.05, 4.69) is 4.99 Å². The third-order valence-corrected chi connectivity index (χ3v) is 1.25. The van der Waals surface area contributed by atoms with Gasteiger partial charge in [0.1, 0.15) is 0 Å². The molecular formula is C6H6F3N. The van der Waals surface area contributed by atoms with Gasteiger partial charge in [-0.15, -0.1) is 0 Å². The minimum absolute atomic E-state index is 0.141. The molecule has 1 aliphatic heterocycles. The molecule has 0 aliphatic carbocycles. The van der Waals surface area contributed by atoms with E-state index in [1.165, 1.54) is 0 Å². The number of nitrogens with zero attached hydrogens (tertiary/aromatic N) is 1. The third-order valence-electron chi connectivity index (χ3n) is 1.25. The average molecular weight is 149 g/mol. The van der Waals surface area contributed by atoms with Gasteiger partial charge in [-0.1, -0.05) is 0 Å². The first-order chi connectivity index (χ1) is 4.70. The van der Waals surface area contributed by atoms with E-state index < -0.39 is 12.4 Å². The Hall–Kier alpha value is -0.800. The number of dihydropyridines is 1. The van der Waals surface area contributed by atoms with E-state index in [9.17, 15) is 13.2 Å². The van der Waals surface area contributed by atoms with Crippen molar-refractivity contribution in [2.45, 2.75) is 12.8 Å². The van der Waals surface area contributed by atoms with Crippen LogP contribution in [0.5, 0.6) is 0 Å². The average Bonchev–Trinajstić information content (AvgIpc) is 1.88. The summed E-state index contributed by atoms with van der Waals surface area (Å²) >= 11 is 0. The Morgan fingerprint density at radius 2 is 2.20 bits per heavy atom. The number of allylic oxidation sites excluding steroid dienone is 1. The molecule has 0 aromatic rings. The van der Waals surface area contributed by atoms with Crippen molar-refractivity contribution in [2.24, 2.45) is 4.99 Å². The van der Waals surface area contributed by atoms with Gasteiger partial charge in [0.15, 0.2) is 0 Å². The Labute approximate surface area is 56.3 Å². The molecule has 0 unspecified atom stereocenters. The van der Waals surface area contributed by atoms with E-state index >= 15 is 0 Å². The van der Waals surface area contributed by atoms with Gasteiger partial charge in [-0.25, -0.2) is 8.78 Å². The van der Waals surface area contributed by atoms with Gasteiger partial charge in [0.25, 0.3) is 6.43 Å². The van der Waals surface area contributed by atoms with E-state index in [0.29, 0.717) is 0 Å². The lowest BCUT2D eigenvalue weighted by Gasteiger charge is -2.06. The predicted molar refractivity (Wildman–Crippen MR) is 32.1 cm³/mol. The molecule has 0 aromatic carbocycles. The molecule has 0 N–H and O–H groups in total. The summed E-state index contributed by atoms with van der Waals surface area (Å²) in [5, 5.41) is 0. The number of hydrogen-bond acceptors (Lipinski definition) is 1. The van der Waals surface area contributed by atoms with Crippen LogP contribution in [0.25, 0.3) is 0 Å². The Morgan fingerprint density at radius 3 is 2.60 bits per heavy atom. The van der Waals surface area contributed by atoms with E-state index in [4.69, 9.17) is 0 Å². The summed E-state index contributed by atoms with van der Waals surface area (Å²) < 4.78 is 35.7. The molecular weight excluding hydrogens is 143 g/mol. The monoisotopic (exact) mass is 149 g/mol. The van der Waals surface area contributed by atoms with Crippen LogP contribution in [-0.4, -0.2) is 18.9 Å². The highest BCUT2D eigenvalue weighted by Crippen LogP contribution is 2.16. The number of halogens is 3. The van der Waals surface area contributed by atoms with E-state index in [0.717, 1.165) is 6.08 Å². The normalized spacial score (nSPS) is 18.8. The second kappa shape index (κ2) is 2.86. The van der Waals surface area contributed by atoms with Gasteiger partial charge >= 0.3 is 0 Å². The molecule has 0 radical (unpaired) electrons. The van der Waals surface area contributed by atoms with Crippen LogP contribution in [0.1, 0.15) is 6.42 Å². The van der Waals surface area contributed by atoms with Gasteiger partial charge in [0.05, 0.1) is 0 Å². The molecule has 0 amide bonds. The van der Waals surface area contributed by atoms with Crippen LogP contribution >= 0.6 is 0 Å². The summed E-state index contributed by atoms with van der Waals surface area (Å²) in [6.45, 7) is 0.141. The highest BCUT2D eigenvalue weighted by molar-refractivity contribution is 5.88. The van der Waals surface area contributed by atoms with E-state index in [-0.39, 0.29) is 18.5 Å². The van der Waals surface area contributed by atoms with Gasteiger partial charge in [-0.2, -0.15) is 4.39 Å². The molecule has 0 fully saturated rings. The van der Waals surface area contributed by atoms with Crippen LogP contribution in [0, 0.1) is 0 Å². The summed E-state index contributed by atoms with van der Waals surface area (Å²) in [5.41, 5.74) is -0.160. The Morgan fingerprint density at radius 1 is 1.50 bits per heavy atom. The first-order valence-electron chi connectivity index (χ1n) is 2.88. The summed E-state index contributed by atoms with van der Waals surface area (Å²) in [6, 6.07) is 0. The van der Waals surface area contributed by atoms with Crippen LogP contribution < -0.4 is 0 Å². The minimum Gasteiger partial charge on any atom is -0.258 e. The van der Waals surface area contributed by atoms with Crippen molar-refractivity contribution >= 4 is 5.97 Å². The van der Waals surface area contributed by atoms with Crippen molar-refractivity contribution in [2.75, 3.05) is 6.54 Å². The van der Waals surface area contributed by atoms with Crippen LogP contribution in [0.3, 0.4) is 0 Å². The number of rotatable bonds is 1. The first kappa shape index (κ1) is 7.31. The molecule has 0 bridgehead atoms. The van der Waals surface area contributed by atoms with Crippen molar-refractivity contribution in [3.05, 3.63) is 11.6 Å². The quantitative estimate of drug-likeness (QED) is 0.540. The fraction of sp³-hybridized carbons (Fsp3) is 0.500. The van der Waals surface area contributed by atoms with E-state index in [1.54, 1.807) is 0 Å². The molecule has 56 valence electrons. The molecule has 1 heterocycles. The third kappa shape index (κ3) is 1.59. The van der Waals surface area contributed by atoms with Crippen molar-refractivity contribution in [1.29, 1.82) is 0 Å². The fourth-order valence-electron chi connectivity index (χ4n) is 0.735. The smallest absolute Gasteiger partial charge is 0.258 e. The summed E-state index contributed by atoms with van der Waals surface area (Å²) in [7, 11) is 0.